The van der Waals surface area contributed by atoms with Gasteiger partial charge in [-0.1, -0.05) is 31.4 Å². The van der Waals surface area contributed by atoms with Gasteiger partial charge in [0, 0.05) is 13.1 Å². The van der Waals surface area contributed by atoms with Crippen LogP contribution < -0.4 is 0 Å². The van der Waals surface area contributed by atoms with E-state index in [1.807, 2.05) is 42.9 Å². The van der Waals surface area contributed by atoms with Crippen molar-refractivity contribution in [1.29, 1.82) is 5.26 Å². The number of hydrogen-bond acceptors (Lipinski definition) is 4. The lowest BCUT2D eigenvalue weighted by Crippen LogP contribution is -2.35. The van der Waals surface area contributed by atoms with Gasteiger partial charge in [-0.25, -0.2) is 4.98 Å². The number of likely N-dealkylation sites (N-methyl/N-ethyl adjacent to an activating group) is 1. The van der Waals surface area contributed by atoms with Gasteiger partial charge in [-0.2, -0.15) is 5.26 Å². The summed E-state index contributed by atoms with van der Waals surface area (Å²) >= 11 is 0. The van der Waals surface area contributed by atoms with E-state index in [4.69, 9.17) is 0 Å². The molecule has 0 spiro atoms. The van der Waals surface area contributed by atoms with Gasteiger partial charge in [0.05, 0.1) is 17.6 Å². The van der Waals surface area contributed by atoms with Gasteiger partial charge in [0.15, 0.2) is 5.82 Å². The summed E-state index contributed by atoms with van der Waals surface area (Å²) in [5.74, 6) is 0.622. The summed E-state index contributed by atoms with van der Waals surface area (Å²) in [6.07, 6.45) is 6.12. The molecule has 1 saturated carbocycles. The molecule has 0 aliphatic heterocycles. The molecule has 3 rings (SSSR count). The maximum atomic E-state index is 10.6. The molecule has 1 heterocycles. The Hall–Kier alpha value is -2.32. The van der Waals surface area contributed by atoms with Crippen molar-refractivity contribution in [2.75, 3.05) is 13.6 Å². The SMILES string of the molecule is CN(C/C(O)=C(\C#N)c1nc2ccccc2n1C)C1CCCCC1. The van der Waals surface area contributed by atoms with Gasteiger partial charge >= 0.3 is 0 Å². The first-order valence-corrected chi connectivity index (χ1v) is 8.56. The first-order chi connectivity index (χ1) is 11.6. The summed E-state index contributed by atoms with van der Waals surface area (Å²) in [7, 11) is 3.90. The van der Waals surface area contributed by atoms with Gasteiger partial charge in [-0.15, -0.1) is 0 Å². The van der Waals surface area contributed by atoms with Crippen molar-refractivity contribution in [3.63, 3.8) is 0 Å². The fourth-order valence-corrected chi connectivity index (χ4v) is 3.58. The van der Waals surface area contributed by atoms with Crippen molar-refractivity contribution in [2.45, 2.75) is 38.1 Å². The molecule has 1 aliphatic rings. The molecule has 1 aromatic heterocycles. The van der Waals surface area contributed by atoms with Crippen LogP contribution >= 0.6 is 0 Å². The van der Waals surface area contributed by atoms with Gasteiger partial charge in [-0.05, 0) is 32.0 Å². The number of aryl methyl sites for hydroxylation is 1. The predicted octanol–water partition coefficient (Wildman–Crippen LogP) is 3.63. The first kappa shape index (κ1) is 16.5. The number of nitriles is 1. The highest BCUT2D eigenvalue weighted by Crippen LogP contribution is 2.25. The Morgan fingerprint density at radius 2 is 2.04 bits per heavy atom. The number of aliphatic hydroxyl groups is 1. The van der Waals surface area contributed by atoms with E-state index >= 15 is 0 Å². The Kier molecular flexibility index (Phi) is 4.86. The number of para-hydroxylation sites is 2. The van der Waals surface area contributed by atoms with E-state index in [0.717, 1.165) is 23.9 Å². The molecule has 5 heteroatoms. The van der Waals surface area contributed by atoms with E-state index in [0.29, 0.717) is 18.4 Å². The number of hydrogen-bond donors (Lipinski definition) is 1. The second kappa shape index (κ2) is 7.06. The molecule has 1 N–H and O–H groups in total. The van der Waals surface area contributed by atoms with E-state index in [-0.39, 0.29) is 11.3 Å². The molecule has 126 valence electrons. The summed E-state index contributed by atoms with van der Waals surface area (Å²) in [4.78, 5) is 6.69. The summed E-state index contributed by atoms with van der Waals surface area (Å²) in [5.41, 5.74) is 2.04. The zero-order valence-corrected chi connectivity index (χ0v) is 14.4. The third-order valence-electron chi connectivity index (χ3n) is 5.01. The maximum absolute atomic E-state index is 10.6. The highest BCUT2D eigenvalue weighted by molar-refractivity contribution is 5.83. The number of imidazole rings is 1. The van der Waals surface area contributed by atoms with Crippen LogP contribution in [-0.4, -0.2) is 39.2 Å². The lowest BCUT2D eigenvalue weighted by atomic mass is 9.94. The Balaban J connectivity index is 1.89. The molecule has 0 saturated heterocycles. The van der Waals surface area contributed by atoms with Crippen LogP contribution in [0, 0.1) is 11.3 Å². The normalized spacial score (nSPS) is 17.1. The smallest absolute Gasteiger partial charge is 0.155 e. The fourth-order valence-electron chi connectivity index (χ4n) is 3.58. The molecule has 0 amide bonds. The molecular formula is C19H24N4O. The number of fused-ring (bicyclic) bond motifs is 1. The molecule has 0 atom stereocenters. The van der Waals surface area contributed by atoms with E-state index in [9.17, 15) is 10.4 Å². The molecular weight excluding hydrogens is 300 g/mol. The fraction of sp³-hybridized carbons (Fsp3) is 0.474. The number of aliphatic hydroxyl groups excluding tert-OH is 1. The minimum absolute atomic E-state index is 0.101. The van der Waals surface area contributed by atoms with E-state index < -0.39 is 0 Å². The maximum Gasteiger partial charge on any atom is 0.155 e. The van der Waals surface area contributed by atoms with Crippen LogP contribution in [0.4, 0.5) is 0 Å². The van der Waals surface area contributed by atoms with Gasteiger partial charge in [-0.3, -0.25) is 4.90 Å². The van der Waals surface area contributed by atoms with Gasteiger partial charge in [0.25, 0.3) is 0 Å². The van der Waals surface area contributed by atoms with Crippen LogP contribution in [-0.2, 0) is 7.05 Å². The zero-order chi connectivity index (χ0) is 17.1. The van der Waals surface area contributed by atoms with Crippen LogP contribution in [0.2, 0.25) is 0 Å². The summed E-state index contributed by atoms with van der Waals surface area (Å²) in [5, 5.41) is 20.2. The summed E-state index contributed by atoms with van der Waals surface area (Å²) in [6.45, 7) is 0.386. The molecule has 1 aromatic carbocycles. The van der Waals surface area contributed by atoms with Crippen molar-refractivity contribution >= 4 is 16.6 Å². The summed E-state index contributed by atoms with van der Waals surface area (Å²) in [6, 6.07) is 10.4. The second-order valence-electron chi connectivity index (χ2n) is 6.62. The molecule has 5 nitrogen and oxygen atoms in total. The molecule has 0 radical (unpaired) electrons. The Morgan fingerprint density at radius 1 is 1.33 bits per heavy atom. The summed E-state index contributed by atoms with van der Waals surface area (Å²) < 4.78 is 1.87. The van der Waals surface area contributed by atoms with Gasteiger partial charge in [0.1, 0.15) is 17.4 Å². The molecule has 1 fully saturated rings. The molecule has 24 heavy (non-hydrogen) atoms. The highest BCUT2D eigenvalue weighted by Gasteiger charge is 2.22. The Morgan fingerprint density at radius 3 is 2.71 bits per heavy atom. The number of nitrogens with zero attached hydrogens (tertiary/aromatic N) is 4. The van der Waals surface area contributed by atoms with Crippen LogP contribution in [0.25, 0.3) is 16.6 Å². The monoisotopic (exact) mass is 324 g/mol. The number of aromatic nitrogens is 2. The largest absolute Gasteiger partial charge is 0.509 e. The average Bonchev–Trinajstić information content (AvgIpc) is 2.93. The van der Waals surface area contributed by atoms with Crippen molar-refractivity contribution < 1.29 is 5.11 Å². The van der Waals surface area contributed by atoms with Crippen LogP contribution in [0.1, 0.15) is 37.9 Å². The third kappa shape index (κ3) is 3.15. The van der Waals surface area contributed by atoms with Crippen molar-refractivity contribution in [2.24, 2.45) is 7.05 Å². The Labute approximate surface area is 142 Å². The zero-order valence-electron chi connectivity index (χ0n) is 14.4. The second-order valence-corrected chi connectivity index (χ2v) is 6.62. The molecule has 0 unspecified atom stereocenters. The quantitative estimate of drug-likeness (QED) is 0.689. The van der Waals surface area contributed by atoms with Gasteiger partial charge < -0.3 is 9.67 Å². The van der Waals surface area contributed by atoms with Crippen LogP contribution in [0.5, 0.6) is 0 Å². The van der Waals surface area contributed by atoms with Crippen LogP contribution in [0.3, 0.4) is 0 Å². The minimum Gasteiger partial charge on any atom is -0.509 e. The lowest BCUT2D eigenvalue weighted by Gasteiger charge is -2.30. The van der Waals surface area contributed by atoms with Crippen molar-refractivity contribution in [3.05, 3.63) is 35.8 Å². The highest BCUT2D eigenvalue weighted by atomic mass is 16.3. The predicted molar refractivity (Wildman–Crippen MR) is 95.4 cm³/mol. The lowest BCUT2D eigenvalue weighted by molar-refractivity contribution is 0.184. The van der Waals surface area contributed by atoms with Crippen molar-refractivity contribution in [3.8, 4) is 6.07 Å². The number of benzene rings is 1. The average molecular weight is 324 g/mol. The molecule has 1 aliphatic carbocycles. The topological polar surface area (TPSA) is 65.1 Å². The molecule has 0 bridgehead atoms. The van der Waals surface area contributed by atoms with Crippen LogP contribution in [0.15, 0.2) is 30.0 Å². The van der Waals surface area contributed by atoms with Gasteiger partial charge in [0.2, 0.25) is 0 Å². The minimum atomic E-state index is 0.101. The molecule has 2 aromatic rings. The van der Waals surface area contributed by atoms with E-state index in [1.165, 1.54) is 19.3 Å². The van der Waals surface area contributed by atoms with Crippen molar-refractivity contribution in [1.82, 2.24) is 14.5 Å². The number of allylic oxidation sites excluding steroid dienone is 1. The first-order valence-electron chi connectivity index (χ1n) is 8.56. The Bertz CT molecular complexity index is 793. The standard InChI is InChI=1S/C19H24N4O/c1-22(14-8-4-3-5-9-14)13-18(24)15(12-20)19-21-16-10-6-7-11-17(16)23(19)2/h6-7,10-11,14,24H,3-5,8-9,13H2,1-2H3/b18-15-. The third-order valence-corrected chi connectivity index (χ3v) is 5.01. The van der Waals surface area contributed by atoms with E-state index in [2.05, 4.69) is 16.0 Å². The van der Waals surface area contributed by atoms with E-state index in [1.54, 1.807) is 0 Å². The number of rotatable bonds is 4.